The maximum atomic E-state index is 14.5. The van der Waals surface area contributed by atoms with Crippen LogP contribution in [-0.2, 0) is 9.59 Å². The topological polar surface area (TPSA) is 76.7 Å². The highest BCUT2D eigenvalue weighted by Gasteiger charge is 2.42. The Bertz CT molecular complexity index is 1490. The molecule has 1 heterocycles. The van der Waals surface area contributed by atoms with Crippen LogP contribution in [0.3, 0.4) is 0 Å². The lowest BCUT2D eigenvalue weighted by Gasteiger charge is -2.37. The molecule has 0 unspecified atom stereocenters. The van der Waals surface area contributed by atoms with E-state index in [0.717, 1.165) is 17.7 Å². The summed E-state index contributed by atoms with van der Waals surface area (Å²) in [6.45, 7) is 1.71. The number of allylic oxidation sites excluding steroid dienone is 3. The first kappa shape index (κ1) is 26.2. The lowest BCUT2D eigenvalue weighted by molar-refractivity contribution is -0.116. The highest BCUT2D eigenvalue weighted by Crippen LogP contribution is 2.48. The van der Waals surface area contributed by atoms with E-state index < -0.39 is 29.1 Å². The Kier molecular flexibility index (Phi) is 7.19. The zero-order valence-electron chi connectivity index (χ0n) is 21.8. The summed E-state index contributed by atoms with van der Waals surface area (Å²) < 4.78 is 40.0. The van der Waals surface area contributed by atoms with Gasteiger partial charge in [0.25, 0.3) is 5.91 Å². The molecule has 0 bridgehead atoms. The molecule has 3 aromatic carbocycles. The first-order valence-corrected chi connectivity index (χ1v) is 12.6. The van der Waals surface area contributed by atoms with E-state index >= 15 is 0 Å². The number of rotatable bonds is 6. The number of hydrogen-bond donors (Lipinski definition) is 2. The number of para-hydroxylation sites is 1. The molecule has 2 aliphatic rings. The van der Waals surface area contributed by atoms with Crippen LogP contribution in [0.1, 0.15) is 42.7 Å². The fraction of sp³-hybridized carbons (Fsp3) is 0.226. The largest absolute Gasteiger partial charge is 0.497 e. The molecule has 39 heavy (non-hydrogen) atoms. The molecule has 3 aromatic rings. The van der Waals surface area contributed by atoms with E-state index in [1.54, 1.807) is 25.1 Å². The van der Waals surface area contributed by atoms with E-state index in [1.165, 1.54) is 20.3 Å². The van der Waals surface area contributed by atoms with Crippen LogP contribution in [-0.4, -0.2) is 25.9 Å². The number of hydrogen-bond acceptors (Lipinski definition) is 5. The van der Waals surface area contributed by atoms with Crippen LogP contribution in [0.5, 0.6) is 11.5 Å². The van der Waals surface area contributed by atoms with Crippen molar-refractivity contribution < 1.29 is 27.8 Å². The fourth-order valence-electron chi connectivity index (χ4n) is 5.48. The summed E-state index contributed by atoms with van der Waals surface area (Å²) in [5.41, 5.74) is 2.80. The Balaban J connectivity index is 1.64. The number of methoxy groups -OCH3 is 2. The Morgan fingerprint density at radius 1 is 0.949 bits per heavy atom. The molecule has 0 radical (unpaired) electrons. The Hall–Kier alpha value is -4.46. The maximum absolute atomic E-state index is 14.5. The molecular weight excluding hydrogens is 502 g/mol. The second-order valence-electron chi connectivity index (χ2n) is 9.59. The average Bonchev–Trinajstić information content (AvgIpc) is 2.94. The van der Waals surface area contributed by atoms with Crippen LogP contribution in [0.15, 0.2) is 89.3 Å². The summed E-state index contributed by atoms with van der Waals surface area (Å²) in [4.78, 5) is 27.6. The minimum Gasteiger partial charge on any atom is -0.497 e. The fourth-order valence-corrected chi connectivity index (χ4v) is 5.48. The van der Waals surface area contributed by atoms with Gasteiger partial charge in [-0.25, -0.2) is 8.78 Å². The van der Waals surface area contributed by atoms with Gasteiger partial charge in [0.1, 0.15) is 28.8 Å². The van der Waals surface area contributed by atoms with Gasteiger partial charge in [0, 0.05) is 34.5 Å². The summed E-state index contributed by atoms with van der Waals surface area (Å²) in [6, 6.07) is 18.3. The second-order valence-corrected chi connectivity index (χ2v) is 9.59. The molecule has 0 spiro atoms. The smallest absolute Gasteiger partial charge is 0.254 e. The number of halogens is 2. The third-order valence-corrected chi connectivity index (χ3v) is 7.29. The molecule has 2 atom stereocenters. The van der Waals surface area contributed by atoms with Crippen molar-refractivity contribution in [2.75, 3.05) is 19.5 Å². The second kappa shape index (κ2) is 10.7. The molecule has 200 valence electrons. The van der Waals surface area contributed by atoms with Crippen LogP contribution in [0, 0.1) is 11.6 Å². The van der Waals surface area contributed by atoms with Crippen molar-refractivity contribution in [3.8, 4) is 11.5 Å². The van der Waals surface area contributed by atoms with Gasteiger partial charge in [0.05, 0.1) is 20.1 Å². The third kappa shape index (κ3) is 4.90. The number of Topliss-reactive ketones (excluding diaryl/α,β-unsaturated/α-hetero) is 1. The Morgan fingerprint density at radius 3 is 2.33 bits per heavy atom. The molecule has 2 N–H and O–H groups in total. The summed E-state index contributed by atoms with van der Waals surface area (Å²) >= 11 is 0. The van der Waals surface area contributed by atoms with Crippen LogP contribution in [0.2, 0.25) is 0 Å². The highest BCUT2D eigenvalue weighted by molar-refractivity contribution is 6.10. The zero-order valence-corrected chi connectivity index (χ0v) is 21.8. The highest BCUT2D eigenvalue weighted by atomic mass is 19.1. The molecule has 5 rings (SSSR count). The van der Waals surface area contributed by atoms with Gasteiger partial charge in [-0.05, 0) is 55.2 Å². The predicted octanol–water partition coefficient (Wildman–Crippen LogP) is 5.98. The van der Waals surface area contributed by atoms with E-state index in [2.05, 4.69) is 10.6 Å². The van der Waals surface area contributed by atoms with Crippen molar-refractivity contribution in [1.29, 1.82) is 0 Å². The van der Waals surface area contributed by atoms with Crippen LogP contribution < -0.4 is 20.1 Å². The summed E-state index contributed by atoms with van der Waals surface area (Å²) in [7, 11) is 3.02. The molecular formula is C31H28F2N2O4. The number of nitrogens with one attached hydrogen (secondary N) is 2. The molecule has 0 saturated carbocycles. The van der Waals surface area contributed by atoms with Gasteiger partial charge in [-0.1, -0.05) is 36.4 Å². The van der Waals surface area contributed by atoms with Gasteiger partial charge in [-0.3, -0.25) is 9.59 Å². The van der Waals surface area contributed by atoms with E-state index in [4.69, 9.17) is 9.47 Å². The quantitative estimate of drug-likeness (QED) is 0.410. The predicted molar refractivity (Wildman–Crippen MR) is 144 cm³/mol. The van der Waals surface area contributed by atoms with E-state index in [1.807, 2.05) is 30.3 Å². The molecule has 0 fully saturated rings. The number of amides is 1. The third-order valence-electron chi connectivity index (χ3n) is 7.29. The van der Waals surface area contributed by atoms with Gasteiger partial charge < -0.3 is 20.1 Å². The van der Waals surface area contributed by atoms with Crippen molar-refractivity contribution in [3.63, 3.8) is 0 Å². The zero-order chi connectivity index (χ0) is 27.7. The molecule has 1 amide bonds. The normalized spacial score (nSPS) is 18.8. The minimum atomic E-state index is -0.903. The number of carbonyl (C=O) groups is 2. The number of anilines is 1. The van der Waals surface area contributed by atoms with Gasteiger partial charge >= 0.3 is 0 Å². The summed E-state index contributed by atoms with van der Waals surface area (Å²) in [5, 5.41) is 5.67. The molecule has 1 aliphatic carbocycles. The van der Waals surface area contributed by atoms with Crippen LogP contribution in [0.25, 0.3) is 0 Å². The number of carbonyl (C=O) groups excluding carboxylic acids is 2. The minimum absolute atomic E-state index is 0.0338. The Labute approximate surface area is 225 Å². The molecule has 0 aromatic heterocycles. The van der Waals surface area contributed by atoms with Crippen molar-refractivity contribution >= 4 is 17.4 Å². The van der Waals surface area contributed by atoms with E-state index in [9.17, 15) is 18.4 Å². The number of dihydropyridines is 1. The van der Waals surface area contributed by atoms with Crippen molar-refractivity contribution in [2.45, 2.75) is 31.6 Å². The number of benzene rings is 3. The molecule has 0 saturated heterocycles. The summed E-state index contributed by atoms with van der Waals surface area (Å²) in [5.74, 6) is -2.60. The standard InChI is InChI=1S/C31H28F2N2O4/c1-17-27(31(37)35-30-22(32)10-7-11-23(30)33)28(21-16-20(38-2)12-13-26(21)39-3)29-24(34-17)14-19(15-25(29)36)18-8-5-4-6-9-18/h4-13,16,19,28,34H,14-15H2,1-3H3,(H,35,37)/t19-,28-/m1/s1. The van der Waals surface area contributed by atoms with Gasteiger partial charge in [-0.2, -0.15) is 0 Å². The number of ketones is 1. The lowest BCUT2D eigenvalue weighted by Crippen LogP contribution is -2.37. The van der Waals surface area contributed by atoms with Crippen LogP contribution in [0.4, 0.5) is 14.5 Å². The van der Waals surface area contributed by atoms with Crippen molar-refractivity contribution in [2.24, 2.45) is 0 Å². The van der Waals surface area contributed by atoms with Crippen molar-refractivity contribution in [1.82, 2.24) is 5.32 Å². The molecule has 6 nitrogen and oxygen atoms in total. The molecule has 8 heteroatoms. The Morgan fingerprint density at radius 2 is 1.67 bits per heavy atom. The molecule has 1 aliphatic heterocycles. The first-order chi connectivity index (χ1) is 18.8. The van der Waals surface area contributed by atoms with Gasteiger partial charge in [0.2, 0.25) is 0 Å². The monoisotopic (exact) mass is 530 g/mol. The van der Waals surface area contributed by atoms with E-state index in [0.29, 0.717) is 40.5 Å². The average molecular weight is 531 g/mol. The SMILES string of the molecule is COc1ccc(OC)c([C@@H]2C(C(=O)Nc3c(F)cccc3F)=C(C)NC3=C2C(=O)C[C@H](c2ccccc2)C3)c1. The van der Waals surface area contributed by atoms with Crippen molar-refractivity contribution in [3.05, 3.63) is 112 Å². The lowest BCUT2D eigenvalue weighted by atomic mass is 9.71. The summed E-state index contributed by atoms with van der Waals surface area (Å²) in [6.07, 6.45) is 0.811. The van der Waals surface area contributed by atoms with E-state index in [-0.39, 0.29) is 23.7 Å². The van der Waals surface area contributed by atoms with Gasteiger partial charge in [0.15, 0.2) is 5.78 Å². The first-order valence-electron chi connectivity index (χ1n) is 12.6. The maximum Gasteiger partial charge on any atom is 0.254 e. The van der Waals surface area contributed by atoms with Crippen LogP contribution >= 0.6 is 0 Å². The number of ether oxygens (including phenoxy) is 2. The van der Waals surface area contributed by atoms with Gasteiger partial charge in [-0.15, -0.1) is 0 Å².